The average molecular weight is 222 g/mol. The van der Waals surface area contributed by atoms with Crippen molar-refractivity contribution in [3.05, 3.63) is 0 Å². The maximum atomic E-state index is 8.91. The Balaban J connectivity index is 1.77. The number of likely N-dealkylation sites (tertiary alicyclic amines) is 2. The van der Waals surface area contributed by atoms with Crippen molar-refractivity contribution in [3.63, 3.8) is 0 Å². The number of nitrogens with zero attached hydrogens (tertiary/aromatic N) is 3. The van der Waals surface area contributed by atoms with Crippen molar-refractivity contribution in [1.82, 2.24) is 15.1 Å². The zero-order chi connectivity index (χ0) is 11.4. The highest BCUT2D eigenvalue weighted by Crippen LogP contribution is 2.20. The van der Waals surface area contributed by atoms with Crippen molar-refractivity contribution in [2.24, 2.45) is 0 Å². The number of nitrogens with one attached hydrogen (secondary N) is 1. The third-order valence-corrected chi connectivity index (χ3v) is 3.85. The van der Waals surface area contributed by atoms with Gasteiger partial charge in [0.05, 0.1) is 6.07 Å². The summed E-state index contributed by atoms with van der Waals surface area (Å²) in [6.45, 7) is 5.75. The van der Waals surface area contributed by atoms with Gasteiger partial charge in [-0.2, -0.15) is 5.26 Å². The lowest BCUT2D eigenvalue weighted by atomic mass is 10.2. The second-order valence-electron chi connectivity index (χ2n) is 4.92. The second-order valence-corrected chi connectivity index (χ2v) is 4.92. The first kappa shape index (κ1) is 11.8. The van der Waals surface area contributed by atoms with Gasteiger partial charge in [-0.15, -0.1) is 0 Å². The van der Waals surface area contributed by atoms with E-state index in [4.69, 9.17) is 5.26 Å². The molecule has 0 bridgehead atoms. The third-order valence-electron chi connectivity index (χ3n) is 3.85. The molecule has 2 fully saturated rings. The predicted octanol–water partition coefficient (Wildman–Crippen LogP) is 0.268. The van der Waals surface area contributed by atoms with E-state index in [-0.39, 0.29) is 6.04 Å². The summed E-state index contributed by atoms with van der Waals surface area (Å²) in [6.07, 6.45) is 4.02. The molecule has 2 saturated heterocycles. The van der Waals surface area contributed by atoms with Crippen molar-refractivity contribution >= 4 is 0 Å². The topological polar surface area (TPSA) is 42.3 Å². The fourth-order valence-corrected chi connectivity index (χ4v) is 2.84. The van der Waals surface area contributed by atoms with Crippen molar-refractivity contribution in [2.45, 2.75) is 31.3 Å². The molecule has 0 aliphatic carbocycles. The zero-order valence-corrected chi connectivity index (χ0v) is 10.2. The summed E-state index contributed by atoms with van der Waals surface area (Å²) >= 11 is 0. The van der Waals surface area contributed by atoms with Crippen LogP contribution in [-0.4, -0.2) is 61.7 Å². The summed E-state index contributed by atoms with van der Waals surface area (Å²) in [7, 11) is 1.86. The number of rotatable bonds is 4. The SMILES string of the molecule is CNC(C#N)CN1CCC(N2CCCC2)C1. The molecule has 90 valence electrons. The van der Waals surface area contributed by atoms with Gasteiger partial charge in [-0.1, -0.05) is 0 Å². The van der Waals surface area contributed by atoms with Crippen LogP contribution in [0.3, 0.4) is 0 Å². The Morgan fingerprint density at radius 3 is 2.75 bits per heavy atom. The quantitative estimate of drug-likeness (QED) is 0.741. The number of nitriles is 1. The summed E-state index contributed by atoms with van der Waals surface area (Å²) in [4.78, 5) is 5.05. The summed E-state index contributed by atoms with van der Waals surface area (Å²) in [6, 6.07) is 3.03. The van der Waals surface area contributed by atoms with Crippen molar-refractivity contribution < 1.29 is 0 Å². The smallest absolute Gasteiger partial charge is 0.108 e. The molecular formula is C12H22N4. The molecule has 2 aliphatic rings. The minimum absolute atomic E-state index is 0.0164. The van der Waals surface area contributed by atoms with E-state index < -0.39 is 0 Å². The molecule has 2 atom stereocenters. The zero-order valence-electron chi connectivity index (χ0n) is 10.2. The molecule has 2 rings (SSSR count). The highest BCUT2D eigenvalue weighted by atomic mass is 15.3. The number of likely N-dealkylation sites (N-methyl/N-ethyl adjacent to an activating group) is 1. The lowest BCUT2D eigenvalue weighted by molar-refractivity contribution is 0.229. The summed E-state index contributed by atoms with van der Waals surface area (Å²) < 4.78 is 0. The van der Waals surface area contributed by atoms with Crippen LogP contribution in [0.4, 0.5) is 0 Å². The van der Waals surface area contributed by atoms with Crippen molar-refractivity contribution in [1.29, 1.82) is 5.26 Å². The van der Waals surface area contributed by atoms with Gasteiger partial charge in [0.15, 0.2) is 0 Å². The molecule has 0 aromatic carbocycles. The van der Waals surface area contributed by atoms with Crippen LogP contribution in [0.5, 0.6) is 0 Å². The first-order chi connectivity index (χ1) is 7.83. The molecule has 0 aromatic rings. The van der Waals surface area contributed by atoms with Crippen LogP contribution in [0, 0.1) is 11.3 Å². The molecule has 2 heterocycles. The standard InChI is InChI=1S/C12H22N4/c1-14-11(8-13)9-15-7-4-12(10-15)16-5-2-3-6-16/h11-12,14H,2-7,9-10H2,1H3. The fourth-order valence-electron chi connectivity index (χ4n) is 2.84. The van der Waals surface area contributed by atoms with Gasteiger partial charge in [0, 0.05) is 19.1 Å². The van der Waals surface area contributed by atoms with Crippen LogP contribution >= 0.6 is 0 Å². The van der Waals surface area contributed by atoms with Crippen LogP contribution in [0.25, 0.3) is 0 Å². The van der Waals surface area contributed by atoms with Crippen LogP contribution in [-0.2, 0) is 0 Å². The van der Waals surface area contributed by atoms with Crippen LogP contribution in [0.2, 0.25) is 0 Å². The minimum Gasteiger partial charge on any atom is -0.304 e. The Morgan fingerprint density at radius 1 is 1.38 bits per heavy atom. The van der Waals surface area contributed by atoms with Crippen LogP contribution in [0.1, 0.15) is 19.3 Å². The van der Waals surface area contributed by atoms with Gasteiger partial charge >= 0.3 is 0 Å². The van der Waals surface area contributed by atoms with E-state index in [1.54, 1.807) is 0 Å². The molecule has 4 heteroatoms. The van der Waals surface area contributed by atoms with Crippen LogP contribution < -0.4 is 5.32 Å². The fraction of sp³-hybridized carbons (Fsp3) is 0.917. The Labute approximate surface area is 98.2 Å². The molecule has 0 radical (unpaired) electrons. The summed E-state index contributed by atoms with van der Waals surface area (Å²) in [5.74, 6) is 0. The van der Waals surface area contributed by atoms with Gasteiger partial charge in [-0.25, -0.2) is 0 Å². The predicted molar refractivity (Wildman–Crippen MR) is 64.1 cm³/mol. The highest BCUT2D eigenvalue weighted by Gasteiger charge is 2.29. The Morgan fingerprint density at radius 2 is 2.12 bits per heavy atom. The lowest BCUT2D eigenvalue weighted by Gasteiger charge is -2.24. The van der Waals surface area contributed by atoms with E-state index in [9.17, 15) is 0 Å². The van der Waals surface area contributed by atoms with Gasteiger partial charge < -0.3 is 5.32 Å². The molecule has 4 nitrogen and oxygen atoms in total. The van der Waals surface area contributed by atoms with E-state index in [0.29, 0.717) is 0 Å². The molecule has 2 unspecified atom stereocenters. The molecule has 0 amide bonds. The number of hydrogen-bond donors (Lipinski definition) is 1. The average Bonchev–Trinajstić information content (AvgIpc) is 2.96. The number of hydrogen-bond acceptors (Lipinski definition) is 4. The molecule has 0 saturated carbocycles. The highest BCUT2D eigenvalue weighted by molar-refractivity contribution is 4.94. The monoisotopic (exact) mass is 222 g/mol. The van der Waals surface area contributed by atoms with E-state index >= 15 is 0 Å². The molecule has 2 aliphatic heterocycles. The van der Waals surface area contributed by atoms with E-state index in [1.807, 2.05) is 7.05 Å². The first-order valence-electron chi connectivity index (χ1n) is 6.37. The van der Waals surface area contributed by atoms with Crippen LogP contribution in [0.15, 0.2) is 0 Å². The minimum atomic E-state index is -0.0164. The molecule has 1 N–H and O–H groups in total. The van der Waals surface area contributed by atoms with Gasteiger partial charge in [-0.3, -0.25) is 9.80 Å². The Kier molecular flexibility index (Phi) is 4.16. The maximum Gasteiger partial charge on any atom is 0.108 e. The van der Waals surface area contributed by atoms with E-state index in [1.165, 1.54) is 32.4 Å². The Hall–Kier alpha value is -0.630. The van der Waals surface area contributed by atoms with Gasteiger partial charge in [0.2, 0.25) is 0 Å². The lowest BCUT2D eigenvalue weighted by Crippen LogP contribution is -2.40. The second kappa shape index (κ2) is 5.62. The summed E-state index contributed by atoms with van der Waals surface area (Å²) in [5.41, 5.74) is 0. The molecule has 16 heavy (non-hydrogen) atoms. The van der Waals surface area contributed by atoms with E-state index in [0.717, 1.165) is 25.7 Å². The molecular weight excluding hydrogens is 200 g/mol. The van der Waals surface area contributed by atoms with Crippen molar-refractivity contribution in [2.75, 3.05) is 39.8 Å². The summed E-state index contributed by atoms with van der Waals surface area (Å²) in [5, 5.41) is 12.0. The molecule has 0 spiro atoms. The molecule has 0 aromatic heterocycles. The normalized spacial score (nSPS) is 29.4. The van der Waals surface area contributed by atoms with E-state index in [2.05, 4.69) is 21.2 Å². The largest absolute Gasteiger partial charge is 0.304 e. The van der Waals surface area contributed by atoms with Gasteiger partial charge in [0.25, 0.3) is 0 Å². The Bertz CT molecular complexity index is 254. The van der Waals surface area contributed by atoms with Gasteiger partial charge in [0.1, 0.15) is 6.04 Å². The third kappa shape index (κ3) is 2.73. The maximum absolute atomic E-state index is 8.91. The first-order valence-corrected chi connectivity index (χ1v) is 6.37. The van der Waals surface area contributed by atoms with Gasteiger partial charge in [-0.05, 0) is 45.9 Å². The van der Waals surface area contributed by atoms with Crippen molar-refractivity contribution in [3.8, 4) is 6.07 Å².